The molecule has 2 saturated heterocycles. The second kappa shape index (κ2) is 8.69. The first-order valence-corrected chi connectivity index (χ1v) is 11.6. The van der Waals surface area contributed by atoms with Crippen molar-refractivity contribution in [3.63, 3.8) is 0 Å². The summed E-state index contributed by atoms with van der Waals surface area (Å²) in [7, 11) is -3.30. The number of sulfonamides is 1. The first-order chi connectivity index (χ1) is 13.0. The van der Waals surface area contributed by atoms with Crippen LogP contribution in [0.2, 0.25) is 0 Å². The molecule has 3 aliphatic rings. The van der Waals surface area contributed by atoms with E-state index in [1.54, 1.807) is 4.31 Å². The van der Waals surface area contributed by atoms with Crippen molar-refractivity contribution in [2.75, 3.05) is 26.2 Å². The van der Waals surface area contributed by atoms with Gasteiger partial charge in [-0.25, -0.2) is 12.7 Å². The standard InChI is InChI=1S/C20H29N3O3S.ClH/c24-19(18-14-20(18)8-10-21-11-9-20)22-17-6-12-23(13-7-17)27(25,26)15-16-4-2-1-3-5-16;/h1-5,17-18,21H,6-15H2,(H,22,24);1H. The average Bonchev–Trinajstić information content (AvgIpc) is 3.36. The summed E-state index contributed by atoms with van der Waals surface area (Å²) in [5.74, 6) is 0.394. The summed E-state index contributed by atoms with van der Waals surface area (Å²) in [5.41, 5.74) is 1.06. The lowest BCUT2D eigenvalue weighted by Gasteiger charge is -2.32. The molecular weight excluding hydrogens is 398 g/mol. The molecule has 1 amide bonds. The van der Waals surface area contributed by atoms with Crippen LogP contribution in [-0.2, 0) is 20.6 Å². The molecule has 2 aliphatic heterocycles. The van der Waals surface area contributed by atoms with E-state index in [0.29, 0.717) is 25.9 Å². The van der Waals surface area contributed by atoms with Crippen molar-refractivity contribution in [1.29, 1.82) is 0 Å². The number of nitrogens with one attached hydrogen (secondary N) is 2. The second-order valence-corrected chi connectivity index (χ2v) is 10.3. The fourth-order valence-electron chi connectivity index (χ4n) is 4.65. The summed E-state index contributed by atoms with van der Waals surface area (Å²) in [6, 6.07) is 9.39. The van der Waals surface area contributed by atoms with E-state index < -0.39 is 10.0 Å². The number of nitrogens with zero attached hydrogens (tertiary/aromatic N) is 1. The molecule has 1 spiro atoms. The van der Waals surface area contributed by atoms with Crippen LogP contribution in [0.3, 0.4) is 0 Å². The van der Waals surface area contributed by atoms with Gasteiger partial charge >= 0.3 is 0 Å². The Bertz CT molecular complexity index is 773. The van der Waals surface area contributed by atoms with Gasteiger partial charge in [-0.05, 0) is 56.2 Å². The van der Waals surface area contributed by atoms with Gasteiger partial charge in [0.05, 0.1) is 5.75 Å². The number of amides is 1. The van der Waals surface area contributed by atoms with Crippen LogP contribution in [0.15, 0.2) is 30.3 Å². The molecule has 3 fully saturated rings. The fraction of sp³-hybridized carbons (Fsp3) is 0.650. The second-order valence-electron chi connectivity index (χ2n) is 8.29. The summed E-state index contributed by atoms with van der Waals surface area (Å²) in [5, 5.41) is 6.56. The number of carbonyl (C=O) groups is 1. The van der Waals surface area contributed by atoms with E-state index in [1.807, 2.05) is 30.3 Å². The monoisotopic (exact) mass is 427 g/mol. The minimum atomic E-state index is -3.30. The zero-order valence-corrected chi connectivity index (χ0v) is 17.7. The first kappa shape index (κ1) is 21.6. The van der Waals surface area contributed by atoms with E-state index in [-0.39, 0.29) is 41.4 Å². The summed E-state index contributed by atoms with van der Waals surface area (Å²) < 4.78 is 26.9. The number of halogens is 1. The lowest BCUT2D eigenvalue weighted by atomic mass is 9.91. The smallest absolute Gasteiger partial charge is 0.223 e. The molecule has 1 aliphatic carbocycles. The Balaban J connectivity index is 0.00000225. The van der Waals surface area contributed by atoms with Gasteiger partial charge in [0.15, 0.2) is 0 Å². The Morgan fingerprint density at radius 3 is 2.43 bits per heavy atom. The Hall–Kier alpha value is -1.15. The zero-order valence-electron chi connectivity index (χ0n) is 16.1. The summed E-state index contributed by atoms with van der Waals surface area (Å²) >= 11 is 0. The number of rotatable bonds is 5. The van der Waals surface area contributed by atoms with Gasteiger partial charge in [0.25, 0.3) is 0 Å². The maximum Gasteiger partial charge on any atom is 0.223 e. The zero-order chi connectivity index (χ0) is 18.9. The van der Waals surface area contributed by atoms with E-state index in [0.717, 1.165) is 37.9 Å². The quantitative estimate of drug-likeness (QED) is 0.752. The van der Waals surface area contributed by atoms with Gasteiger partial charge in [0.1, 0.15) is 0 Å². The third-order valence-corrected chi connectivity index (χ3v) is 8.34. The summed E-state index contributed by atoms with van der Waals surface area (Å²) in [6.45, 7) is 3.00. The molecule has 0 bridgehead atoms. The van der Waals surface area contributed by atoms with Gasteiger partial charge in [-0.1, -0.05) is 30.3 Å². The molecule has 6 nitrogen and oxygen atoms in total. The molecule has 1 aromatic carbocycles. The molecule has 1 unspecified atom stereocenters. The van der Waals surface area contributed by atoms with Crippen molar-refractivity contribution < 1.29 is 13.2 Å². The minimum absolute atomic E-state index is 0. The van der Waals surface area contributed by atoms with Crippen LogP contribution in [0.25, 0.3) is 0 Å². The van der Waals surface area contributed by atoms with E-state index in [1.165, 1.54) is 0 Å². The molecule has 1 aromatic rings. The molecular formula is C20H30ClN3O3S. The highest BCUT2D eigenvalue weighted by molar-refractivity contribution is 7.88. The van der Waals surface area contributed by atoms with Crippen LogP contribution in [0.1, 0.15) is 37.7 Å². The number of hydrogen-bond donors (Lipinski definition) is 2. The van der Waals surface area contributed by atoms with Crippen molar-refractivity contribution in [2.45, 2.75) is 43.9 Å². The number of carbonyl (C=O) groups excluding carboxylic acids is 1. The van der Waals surface area contributed by atoms with E-state index >= 15 is 0 Å². The van der Waals surface area contributed by atoms with Crippen molar-refractivity contribution >= 4 is 28.3 Å². The van der Waals surface area contributed by atoms with E-state index in [9.17, 15) is 13.2 Å². The van der Waals surface area contributed by atoms with Crippen molar-refractivity contribution in [3.05, 3.63) is 35.9 Å². The largest absolute Gasteiger partial charge is 0.353 e. The Morgan fingerprint density at radius 2 is 1.79 bits per heavy atom. The van der Waals surface area contributed by atoms with Crippen LogP contribution in [0, 0.1) is 11.3 Å². The van der Waals surface area contributed by atoms with Crippen LogP contribution in [-0.4, -0.2) is 50.9 Å². The van der Waals surface area contributed by atoms with Crippen LogP contribution in [0.4, 0.5) is 0 Å². The van der Waals surface area contributed by atoms with Gasteiger partial charge in [-0.3, -0.25) is 4.79 Å². The Labute approximate surface area is 173 Å². The van der Waals surface area contributed by atoms with Gasteiger partial charge < -0.3 is 10.6 Å². The van der Waals surface area contributed by atoms with E-state index in [4.69, 9.17) is 0 Å². The highest BCUT2D eigenvalue weighted by Gasteiger charge is 2.57. The third-order valence-electron chi connectivity index (χ3n) is 6.49. The lowest BCUT2D eigenvalue weighted by Crippen LogP contribution is -2.47. The van der Waals surface area contributed by atoms with Crippen LogP contribution < -0.4 is 10.6 Å². The predicted molar refractivity (Wildman–Crippen MR) is 112 cm³/mol. The Kier molecular flexibility index (Phi) is 6.69. The third kappa shape index (κ3) is 4.70. The highest BCUT2D eigenvalue weighted by Crippen LogP contribution is 2.58. The van der Waals surface area contributed by atoms with Crippen molar-refractivity contribution in [3.8, 4) is 0 Å². The topological polar surface area (TPSA) is 78.5 Å². The molecule has 1 saturated carbocycles. The molecule has 1 atom stereocenters. The van der Waals surface area contributed by atoms with Gasteiger partial charge in [-0.2, -0.15) is 0 Å². The fourth-order valence-corrected chi connectivity index (χ4v) is 6.22. The summed E-state index contributed by atoms with van der Waals surface area (Å²) in [4.78, 5) is 12.6. The molecule has 2 N–H and O–H groups in total. The normalized spacial score (nSPS) is 25.1. The number of piperidine rings is 2. The first-order valence-electron chi connectivity index (χ1n) is 10.0. The number of hydrogen-bond acceptors (Lipinski definition) is 4. The SMILES string of the molecule is Cl.O=C(NC1CCN(S(=O)(=O)Cc2ccccc2)CC1)C1CC12CCNCC2. The molecule has 2 heterocycles. The van der Waals surface area contributed by atoms with E-state index in [2.05, 4.69) is 10.6 Å². The Morgan fingerprint density at radius 1 is 1.14 bits per heavy atom. The molecule has 0 radical (unpaired) electrons. The molecule has 8 heteroatoms. The molecule has 4 rings (SSSR count). The maximum absolute atomic E-state index is 12.6. The molecule has 156 valence electrons. The molecule has 0 aromatic heterocycles. The van der Waals surface area contributed by atoms with Crippen molar-refractivity contribution in [1.82, 2.24) is 14.9 Å². The average molecular weight is 428 g/mol. The maximum atomic E-state index is 12.6. The predicted octanol–water partition coefficient (Wildman–Crippen LogP) is 1.91. The highest BCUT2D eigenvalue weighted by atomic mass is 35.5. The van der Waals surface area contributed by atoms with Crippen LogP contribution >= 0.6 is 12.4 Å². The van der Waals surface area contributed by atoms with Gasteiger partial charge in [-0.15, -0.1) is 12.4 Å². The van der Waals surface area contributed by atoms with Crippen LogP contribution in [0.5, 0.6) is 0 Å². The van der Waals surface area contributed by atoms with Crippen molar-refractivity contribution in [2.24, 2.45) is 11.3 Å². The van der Waals surface area contributed by atoms with Gasteiger partial charge in [0, 0.05) is 25.0 Å². The minimum Gasteiger partial charge on any atom is -0.353 e. The van der Waals surface area contributed by atoms with Gasteiger partial charge in [0.2, 0.25) is 15.9 Å². The lowest BCUT2D eigenvalue weighted by molar-refractivity contribution is -0.124. The number of benzene rings is 1. The summed E-state index contributed by atoms with van der Waals surface area (Å²) in [6.07, 6.45) is 4.61. The molecule has 28 heavy (non-hydrogen) atoms.